The highest BCUT2D eigenvalue weighted by Crippen LogP contribution is 2.21. The molecule has 3 N–H and O–H groups in total. The molecule has 0 radical (unpaired) electrons. The predicted molar refractivity (Wildman–Crippen MR) is 76.2 cm³/mol. The molecule has 1 atom stereocenters. The van der Waals surface area contributed by atoms with Crippen LogP contribution >= 0.6 is 0 Å². The SMILES string of the molecule is Cc1noc(C)c1C(C)NCc1ccccc1C(N)=O. The number of aryl methyl sites for hydroxylation is 2. The van der Waals surface area contributed by atoms with Crippen molar-refractivity contribution < 1.29 is 9.32 Å². The molecule has 0 spiro atoms. The zero-order valence-corrected chi connectivity index (χ0v) is 11.9. The number of primary amides is 1. The summed E-state index contributed by atoms with van der Waals surface area (Å²) in [5.41, 5.74) is 8.74. The van der Waals surface area contributed by atoms with E-state index in [1.54, 1.807) is 12.1 Å². The fraction of sp³-hybridized carbons (Fsp3) is 0.333. The molecule has 2 aromatic rings. The van der Waals surface area contributed by atoms with E-state index in [0.717, 1.165) is 22.6 Å². The lowest BCUT2D eigenvalue weighted by Crippen LogP contribution is -2.22. The average Bonchev–Trinajstić information content (AvgIpc) is 2.76. The Morgan fingerprint density at radius 1 is 1.40 bits per heavy atom. The Kier molecular flexibility index (Phi) is 4.20. The predicted octanol–water partition coefficient (Wildman–Crippen LogP) is 2.24. The van der Waals surface area contributed by atoms with Gasteiger partial charge >= 0.3 is 0 Å². The Bertz CT molecular complexity index is 600. The van der Waals surface area contributed by atoms with Crippen molar-refractivity contribution >= 4 is 5.91 Å². The van der Waals surface area contributed by atoms with Crippen LogP contribution in [0.4, 0.5) is 0 Å². The second-order valence-electron chi connectivity index (χ2n) is 4.86. The molecule has 1 unspecified atom stereocenters. The molecule has 0 fully saturated rings. The standard InChI is InChI=1S/C15H19N3O2/c1-9(14-10(2)18-20-11(14)3)17-8-12-6-4-5-7-13(12)15(16)19/h4-7,9,17H,8H2,1-3H3,(H2,16,19). The van der Waals surface area contributed by atoms with Gasteiger partial charge in [0, 0.05) is 23.7 Å². The minimum absolute atomic E-state index is 0.0854. The molecule has 106 valence electrons. The van der Waals surface area contributed by atoms with Gasteiger partial charge in [0.15, 0.2) is 0 Å². The van der Waals surface area contributed by atoms with Crippen LogP contribution in [0.1, 0.15) is 45.9 Å². The number of carbonyl (C=O) groups is 1. The fourth-order valence-corrected chi connectivity index (χ4v) is 2.39. The lowest BCUT2D eigenvalue weighted by molar-refractivity contribution is 0.0999. The van der Waals surface area contributed by atoms with E-state index in [-0.39, 0.29) is 6.04 Å². The van der Waals surface area contributed by atoms with Crippen LogP contribution in [-0.4, -0.2) is 11.1 Å². The third-order valence-electron chi connectivity index (χ3n) is 3.40. The molecule has 0 saturated carbocycles. The highest BCUT2D eigenvalue weighted by molar-refractivity contribution is 5.94. The summed E-state index contributed by atoms with van der Waals surface area (Å²) in [6.45, 7) is 6.41. The highest BCUT2D eigenvalue weighted by atomic mass is 16.5. The molecule has 1 amide bonds. The number of nitrogens with zero attached hydrogens (tertiary/aromatic N) is 1. The molecular formula is C15H19N3O2. The number of hydrogen-bond donors (Lipinski definition) is 2. The molecule has 0 aliphatic rings. The lowest BCUT2D eigenvalue weighted by atomic mass is 10.0. The maximum Gasteiger partial charge on any atom is 0.249 e. The molecule has 1 aromatic carbocycles. The van der Waals surface area contributed by atoms with Gasteiger partial charge < -0.3 is 15.6 Å². The Labute approximate surface area is 118 Å². The Morgan fingerprint density at radius 2 is 2.10 bits per heavy atom. The molecule has 0 bridgehead atoms. The average molecular weight is 273 g/mol. The quantitative estimate of drug-likeness (QED) is 0.875. The third kappa shape index (κ3) is 2.88. The van der Waals surface area contributed by atoms with Crippen molar-refractivity contribution in [3.63, 3.8) is 0 Å². The van der Waals surface area contributed by atoms with Gasteiger partial charge in [0.25, 0.3) is 0 Å². The van der Waals surface area contributed by atoms with Crippen molar-refractivity contribution in [1.29, 1.82) is 0 Å². The number of aromatic nitrogens is 1. The summed E-state index contributed by atoms with van der Waals surface area (Å²) in [6, 6.07) is 7.42. The molecule has 0 saturated heterocycles. The molecule has 2 rings (SSSR count). The van der Waals surface area contributed by atoms with E-state index in [0.29, 0.717) is 12.1 Å². The van der Waals surface area contributed by atoms with Crippen molar-refractivity contribution in [2.45, 2.75) is 33.4 Å². The van der Waals surface area contributed by atoms with Crippen LogP contribution in [0, 0.1) is 13.8 Å². The molecule has 1 aromatic heterocycles. The van der Waals surface area contributed by atoms with Gasteiger partial charge in [0.2, 0.25) is 5.91 Å². The Hall–Kier alpha value is -2.14. The smallest absolute Gasteiger partial charge is 0.249 e. The van der Waals surface area contributed by atoms with E-state index in [1.165, 1.54) is 0 Å². The van der Waals surface area contributed by atoms with Crippen LogP contribution in [0.5, 0.6) is 0 Å². The van der Waals surface area contributed by atoms with E-state index < -0.39 is 5.91 Å². The van der Waals surface area contributed by atoms with Crippen molar-refractivity contribution in [2.24, 2.45) is 5.73 Å². The summed E-state index contributed by atoms with van der Waals surface area (Å²) in [5, 5.41) is 7.32. The molecule has 1 heterocycles. The van der Waals surface area contributed by atoms with E-state index in [1.807, 2.05) is 32.9 Å². The Morgan fingerprint density at radius 3 is 2.70 bits per heavy atom. The first kappa shape index (κ1) is 14.3. The van der Waals surface area contributed by atoms with Crippen molar-refractivity contribution in [3.8, 4) is 0 Å². The zero-order chi connectivity index (χ0) is 14.7. The Balaban J connectivity index is 2.11. The number of carbonyl (C=O) groups excluding carboxylic acids is 1. The van der Waals surface area contributed by atoms with Gasteiger partial charge in [-0.05, 0) is 32.4 Å². The number of hydrogen-bond acceptors (Lipinski definition) is 4. The number of rotatable bonds is 5. The van der Waals surface area contributed by atoms with Crippen molar-refractivity contribution in [3.05, 3.63) is 52.4 Å². The summed E-state index contributed by atoms with van der Waals surface area (Å²) in [5.74, 6) is 0.401. The number of amides is 1. The monoisotopic (exact) mass is 273 g/mol. The molecule has 5 heteroatoms. The second kappa shape index (κ2) is 5.88. The summed E-state index contributed by atoms with van der Waals surface area (Å²) in [4.78, 5) is 11.4. The van der Waals surface area contributed by atoms with Gasteiger partial charge in [-0.15, -0.1) is 0 Å². The van der Waals surface area contributed by atoms with Crippen LogP contribution in [-0.2, 0) is 6.54 Å². The van der Waals surface area contributed by atoms with Crippen LogP contribution < -0.4 is 11.1 Å². The second-order valence-corrected chi connectivity index (χ2v) is 4.86. The summed E-state index contributed by atoms with van der Waals surface area (Å²) in [7, 11) is 0. The van der Waals surface area contributed by atoms with E-state index in [2.05, 4.69) is 10.5 Å². The minimum Gasteiger partial charge on any atom is -0.366 e. The van der Waals surface area contributed by atoms with Gasteiger partial charge in [0.1, 0.15) is 5.76 Å². The lowest BCUT2D eigenvalue weighted by Gasteiger charge is -2.15. The highest BCUT2D eigenvalue weighted by Gasteiger charge is 2.16. The minimum atomic E-state index is -0.410. The van der Waals surface area contributed by atoms with Gasteiger partial charge in [-0.25, -0.2) is 0 Å². The van der Waals surface area contributed by atoms with Gasteiger partial charge in [-0.1, -0.05) is 23.4 Å². The van der Waals surface area contributed by atoms with E-state index in [9.17, 15) is 4.79 Å². The maximum atomic E-state index is 11.4. The van der Waals surface area contributed by atoms with Crippen LogP contribution in [0.2, 0.25) is 0 Å². The molecule has 5 nitrogen and oxygen atoms in total. The largest absolute Gasteiger partial charge is 0.366 e. The summed E-state index contributed by atoms with van der Waals surface area (Å²) >= 11 is 0. The first-order valence-electron chi connectivity index (χ1n) is 6.54. The van der Waals surface area contributed by atoms with Crippen LogP contribution in [0.15, 0.2) is 28.8 Å². The molecule has 0 aliphatic heterocycles. The third-order valence-corrected chi connectivity index (χ3v) is 3.40. The maximum absolute atomic E-state index is 11.4. The number of benzene rings is 1. The van der Waals surface area contributed by atoms with Gasteiger partial charge in [0.05, 0.1) is 5.69 Å². The molecule has 20 heavy (non-hydrogen) atoms. The van der Waals surface area contributed by atoms with Gasteiger partial charge in [-0.2, -0.15) is 0 Å². The summed E-state index contributed by atoms with van der Waals surface area (Å²) < 4.78 is 5.17. The molecule has 0 aliphatic carbocycles. The zero-order valence-electron chi connectivity index (χ0n) is 11.9. The summed E-state index contributed by atoms with van der Waals surface area (Å²) in [6.07, 6.45) is 0. The van der Waals surface area contributed by atoms with E-state index in [4.69, 9.17) is 10.3 Å². The molecular weight excluding hydrogens is 254 g/mol. The first-order chi connectivity index (χ1) is 9.50. The number of nitrogens with one attached hydrogen (secondary N) is 1. The van der Waals surface area contributed by atoms with Crippen molar-refractivity contribution in [2.75, 3.05) is 0 Å². The van der Waals surface area contributed by atoms with Crippen molar-refractivity contribution in [1.82, 2.24) is 10.5 Å². The normalized spacial score (nSPS) is 12.3. The topological polar surface area (TPSA) is 81.2 Å². The first-order valence-corrected chi connectivity index (χ1v) is 6.54. The van der Waals surface area contributed by atoms with Crippen LogP contribution in [0.25, 0.3) is 0 Å². The fourth-order valence-electron chi connectivity index (χ4n) is 2.39. The number of nitrogens with two attached hydrogens (primary N) is 1. The van der Waals surface area contributed by atoms with E-state index >= 15 is 0 Å². The van der Waals surface area contributed by atoms with Gasteiger partial charge in [-0.3, -0.25) is 4.79 Å². The van der Waals surface area contributed by atoms with Crippen LogP contribution in [0.3, 0.4) is 0 Å².